The summed E-state index contributed by atoms with van der Waals surface area (Å²) in [6.07, 6.45) is 1.18. The highest BCUT2D eigenvalue weighted by atomic mass is 16.5. The molecule has 21 heavy (non-hydrogen) atoms. The number of hydrogen-bond acceptors (Lipinski definition) is 3. The van der Waals surface area contributed by atoms with Crippen LogP contribution in [0.2, 0.25) is 0 Å². The molecule has 1 fully saturated rings. The van der Waals surface area contributed by atoms with Gasteiger partial charge in [-0.1, -0.05) is 36.4 Å². The Morgan fingerprint density at radius 2 is 1.90 bits per heavy atom. The molecule has 0 radical (unpaired) electrons. The van der Waals surface area contributed by atoms with E-state index in [1.165, 1.54) is 12.0 Å². The largest absolute Gasteiger partial charge is 0.493 e. The van der Waals surface area contributed by atoms with Crippen LogP contribution in [0.1, 0.15) is 23.5 Å². The van der Waals surface area contributed by atoms with Gasteiger partial charge >= 0.3 is 0 Å². The third-order valence-corrected chi connectivity index (χ3v) is 4.08. The maximum Gasteiger partial charge on any atom is 0.161 e. The number of ether oxygens (including phenoxy) is 2. The molecule has 3 nitrogen and oxygen atoms in total. The minimum absolute atomic E-state index is 0.547. The average Bonchev–Trinajstić information content (AvgIpc) is 3.33. The van der Waals surface area contributed by atoms with Gasteiger partial charge < -0.3 is 15.2 Å². The summed E-state index contributed by atoms with van der Waals surface area (Å²) in [5.41, 5.74) is 8.17. The molecule has 2 N–H and O–H groups in total. The molecular weight excluding hydrogens is 262 g/mol. The smallest absolute Gasteiger partial charge is 0.161 e. The lowest BCUT2D eigenvalue weighted by Gasteiger charge is -2.12. The van der Waals surface area contributed by atoms with E-state index in [1.54, 1.807) is 7.11 Å². The van der Waals surface area contributed by atoms with Gasteiger partial charge in [-0.05, 0) is 48.1 Å². The fourth-order valence-electron chi connectivity index (χ4n) is 2.69. The number of rotatable bonds is 6. The van der Waals surface area contributed by atoms with E-state index in [9.17, 15) is 0 Å². The molecule has 1 aliphatic carbocycles. The molecule has 110 valence electrons. The van der Waals surface area contributed by atoms with Crippen molar-refractivity contribution in [2.45, 2.75) is 18.9 Å². The Labute approximate surface area is 125 Å². The number of nitrogens with two attached hydrogens (primary N) is 1. The summed E-state index contributed by atoms with van der Waals surface area (Å²) < 4.78 is 11.3. The number of hydrogen-bond donors (Lipinski definition) is 1. The summed E-state index contributed by atoms with van der Waals surface area (Å²) in [6.45, 7) is 1.31. The van der Waals surface area contributed by atoms with Crippen molar-refractivity contribution in [1.82, 2.24) is 0 Å². The average molecular weight is 283 g/mol. The Kier molecular flexibility index (Phi) is 4.11. The van der Waals surface area contributed by atoms with Gasteiger partial charge in [0.1, 0.15) is 6.61 Å². The van der Waals surface area contributed by atoms with Gasteiger partial charge in [-0.25, -0.2) is 0 Å². The second kappa shape index (κ2) is 6.19. The van der Waals surface area contributed by atoms with Crippen molar-refractivity contribution in [1.29, 1.82) is 0 Å². The van der Waals surface area contributed by atoms with Gasteiger partial charge in [0.05, 0.1) is 7.11 Å². The lowest BCUT2D eigenvalue weighted by molar-refractivity contribution is 0.284. The van der Waals surface area contributed by atoms with Crippen LogP contribution in [0.15, 0.2) is 48.5 Å². The summed E-state index contributed by atoms with van der Waals surface area (Å²) >= 11 is 0. The van der Waals surface area contributed by atoms with Crippen LogP contribution in [0.5, 0.6) is 11.5 Å². The molecule has 0 heterocycles. The third-order valence-electron chi connectivity index (χ3n) is 4.08. The first kappa shape index (κ1) is 14.0. The molecule has 2 aromatic carbocycles. The first-order chi connectivity index (χ1) is 10.3. The number of benzene rings is 2. The Morgan fingerprint density at radius 1 is 1.10 bits per heavy atom. The second-order valence-electron chi connectivity index (χ2n) is 5.52. The Balaban J connectivity index is 1.70. The molecule has 0 spiro atoms. The van der Waals surface area contributed by atoms with Crippen LogP contribution in [-0.4, -0.2) is 13.7 Å². The van der Waals surface area contributed by atoms with Crippen LogP contribution in [0.4, 0.5) is 0 Å². The molecular formula is C18H21NO2. The SMILES string of the molecule is COc1cc(C2CC2CN)ccc1OCc1ccccc1. The maximum absolute atomic E-state index is 5.87. The lowest BCUT2D eigenvalue weighted by atomic mass is 10.1. The van der Waals surface area contributed by atoms with Crippen molar-refractivity contribution in [2.24, 2.45) is 11.7 Å². The van der Waals surface area contributed by atoms with Gasteiger partial charge in [0.15, 0.2) is 11.5 Å². The summed E-state index contributed by atoms with van der Waals surface area (Å²) in [7, 11) is 1.68. The van der Waals surface area contributed by atoms with E-state index in [0.717, 1.165) is 23.6 Å². The molecule has 0 saturated heterocycles. The van der Waals surface area contributed by atoms with Crippen molar-refractivity contribution >= 4 is 0 Å². The maximum atomic E-state index is 5.87. The van der Waals surface area contributed by atoms with E-state index in [1.807, 2.05) is 24.3 Å². The summed E-state index contributed by atoms with van der Waals surface area (Å²) in [4.78, 5) is 0. The van der Waals surface area contributed by atoms with Crippen LogP contribution in [0, 0.1) is 5.92 Å². The van der Waals surface area contributed by atoms with E-state index >= 15 is 0 Å². The van der Waals surface area contributed by atoms with Gasteiger partial charge in [-0.15, -0.1) is 0 Å². The zero-order valence-electron chi connectivity index (χ0n) is 12.3. The zero-order chi connectivity index (χ0) is 14.7. The predicted molar refractivity (Wildman–Crippen MR) is 83.7 cm³/mol. The Bertz CT molecular complexity index is 597. The van der Waals surface area contributed by atoms with E-state index < -0.39 is 0 Å². The molecule has 2 atom stereocenters. The van der Waals surface area contributed by atoms with Crippen molar-refractivity contribution < 1.29 is 9.47 Å². The molecule has 2 unspecified atom stereocenters. The monoisotopic (exact) mass is 283 g/mol. The van der Waals surface area contributed by atoms with Gasteiger partial charge in [-0.2, -0.15) is 0 Å². The van der Waals surface area contributed by atoms with E-state index in [0.29, 0.717) is 18.4 Å². The zero-order valence-corrected chi connectivity index (χ0v) is 12.3. The molecule has 0 aromatic heterocycles. The normalized spacial score (nSPS) is 20.1. The highest BCUT2D eigenvalue weighted by molar-refractivity contribution is 5.45. The van der Waals surface area contributed by atoms with Gasteiger partial charge in [0, 0.05) is 0 Å². The van der Waals surface area contributed by atoms with Crippen LogP contribution < -0.4 is 15.2 Å². The molecule has 1 saturated carbocycles. The quantitative estimate of drug-likeness (QED) is 0.884. The van der Waals surface area contributed by atoms with E-state index in [4.69, 9.17) is 15.2 Å². The molecule has 3 rings (SSSR count). The van der Waals surface area contributed by atoms with Crippen LogP contribution >= 0.6 is 0 Å². The molecule has 0 bridgehead atoms. The minimum Gasteiger partial charge on any atom is -0.493 e. The molecule has 1 aliphatic rings. The van der Waals surface area contributed by atoms with Crippen molar-refractivity contribution in [3.63, 3.8) is 0 Å². The van der Waals surface area contributed by atoms with Crippen molar-refractivity contribution in [2.75, 3.05) is 13.7 Å². The first-order valence-corrected chi connectivity index (χ1v) is 7.36. The topological polar surface area (TPSA) is 44.5 Å². The highest BCUT2D eigenvalue weighted by Gasteiger charge is 2.37. The fourth-order valence-corrected chi connectivity index (χ4v) is 2.69. The van der Waals surface area contributed by atoms with Gasteiger partial charge in [-0.3, -0.25) is 0 Å². The molecule has 0 amide bonds. The fraction of sp³-hybridized carbons (Fsp3) is 0.333. The van der Waals surface area contributed by atoms with Gasteiger partial charge in [0.2, 0.25) is 0 Å². The van der Waals surface area contributed by atoms with E-state index in [2.05, 4.69) is 24.3 Å². The summed E-state index contributed by atoms with van der Waals surface area (Å²) in [5.74, 6) is 2.80. The molecule has 2 aromatic rings. The van der Waals surface area contributed by atoms with Crippen LogP contribution in [0.25, 0.3) is 0 Å². The first-order valence-electron chi connectivity index (χ1n) is 7.36. The molecule has 3 heteroatoms. The summed E-state index contributed by atoms with van der Waals surface area (Å²) in [6, 6.07) is 16.3. The van der Waals surface area contributed by atoms with Crippen LogP contribution in [-0.2, 0) is 6.61 Å². The van der Waals surface area contributed by atoms with E-state index in [-0.39, 0.29) is 0 Å². The molecule has 0 aliphatic heterocycles. The lowest BCUT2D eigenvalue weighted by Crippen LogP contribution is -2.02. The van der Waals surface area contributed by atoms with Crippen LogP contribution in [0.3, 0.4) is 0 Å². The Hall–Kier alpha value is -2.00. The van der Waals surface area contributed by atoms with Crippen molar-refractivity contribution in [3.05, 3.63) is 59.7 Å². The van der Waals surface area contributed by atoms with Gasteiger partial charge in [0.25, 0.3) is 0 Å². The third kappa shape index (κ3) is 3.19. The number of methoxy groups -OCH3 is 1. The van der Waals surface area contributed by atoms with Crippen molar-refractivity contribution in [3.8, 4) is 11.5 Å². The summed E-state index contributed by atoms with van der Waals surface area (Å²) in [5, 5.41) is 0. The second-order valence-corrected chi connectivity index (χ2v) is 5.52. The Morgan fingerprint density at radius 3 is 2.57 bits per heavy atom. The standard InChI is InChI=1S/C18H21NO2/c1-20-18-10-14(16-9-15(16)11-19)7-8-17(18)21-12-13-5-3-2-4-6-13/h2-8,10,15-16H,9,11-12,19H2,1H3. The predicted octanol–water partition coefficient (Wildman–Crippen LogP) is 3.34. The highest BCUT2D eigenvalue weighted by Crippen LogP contribution is 2.48. The minimum atomic E-state index is 0.547.